The number of aromatic amines is 1. The molecule has 0 amide bonds. The van der Waals surface area contributed by atoms with Gasteiger partial charge in [0.05, 0.1) is 12.9 Å². The van der Waals surface area contributed by atoms with Gasteiger partial charge in [0.2, 0.25) is 0 Å². The number of fused-ring (bicyclic) bond motifs is 1. The van der Waals surface area contributed by atoms with Crippen molar-refractivity contribution in [3.63, 3.8) is 0 Å². The lowest BCUT2D eigenvalue weighted by molar-refractivity contribution is -0.141. The molecule has 2 aromatic heterocycles. The average Bonchev–Trinajstić information content (AvgIpc) is 2.84. The van der Waals surface area contributed by atoms with Gasteiger partial charge in [-0.15, -0.1) is 0 Å². The molecule has 1 N–H and O–H groups in total. The number of imidazole rings is 1. The van der Waals surface area contributed by atoms with Crippen LogP contribution in [0.4, 0.5) is 5.82 Å². The highest BCUT2D eigenvalue weighted by Crippen LogP contribution is 2.21. The third-order valence-corrected chi connectivity index (χ3v) is 2.70. The second-order valence-electron chi connectivity index (χ2n) is 4.33. The molecule has 0 bridgehead atoms. The van der Waals surface area contributed by atoms with Gasteiger partial charge in [-0.1, -0.05) is 0 Å². The minimum absolute atomic E-state index is 0.103. The van der Waals surface area contributed by atoms with Crippen molar-refractivity contribution in [2.45, 2.75) is 26.8 Å². The first-order valence-corrected chi connectivity index (χ1v) is 6.19. The molecule has 7 nitrogen and oxygen atoms in total. The summed E-state index contributed by atoms with van der Waals surface area (Å²) >= 11 is 0. The maximum absolute atomic E-state index is 11.7. The van der Waals surface area contributed by atoms with E-state index in [1.165, 1.54) is 6.33 Å². The van der Waals surface area contributed by atoms with Crippen LogP contribution in [0.2, 0.25) is 0 Å². The summed E-state index contributed by atoms with van der Waals surface area (Å²) in [5.41, 5.74) is 1.31. The number of rotatable bonds is 5. The molecule has 2 rings (SSSR count). The Morgan fingerprint density at radius 3 is 2.89 bits per heavy atom. The first-order chi connectivity index (χ1) is 9.13. The molecule has 7 heteroatoms. The largest absolute Gasteiger partial charge is 0.465 e. The van der Waals surface area contributed by atoms with Crippen LogP contribution in [0.3, 0.4) is 0 Å². The highest BCUT2D eigenvalue weighted by molar-refractivity contribution is 5.85. The Morgan fingerprint density at radius 2 is 2.21 bits per heavy atom. The summed E-state index contributed by atoms with van der Waals surface area (Å²) < 4.78 is 4.99. The van der Waals surface area contributed by atoms with Crippen molar-refractivity contribution in [1.29, 1.82) is 0 Å². The number of hydrogen-bond donors (Lipinski definition) is 1. The molecule has 0 saturated heterocycles. The van der Waals surface area contributed by atoms with E-state index in [9.17, 15) is 4.79 Å². The van der Waals surface area contributed by atoms with Gasteiger partial charge in [0.15, 0.2) is 11.5 Å². The minimum atomic E-state index is -0.275. The topological polar surface area (TPSA) is 84.0 Å². The summed E-state index contributed by atoms with van der Waals surface area (Å²) in [7, 11) is 0. The van der Waals surface area contributed by atoms with Crippen LogP contribution in [0.5, 0.6) is 0 Å². The SMILES string of the molecule is CCOC(=O)CN(c1ncnc2nc[nH]c12)C(C)C. The number of nitrogens with zero attached hydrogens (tertiary/aromatic N) is 4. The highest BCUT2D eigenvalue weighted by Gasteiger charge is 2.20. The van der Waals surface area contributed by atoms with E-state index in [1.54, 1.807) is 13.3 Å². The lowest BCUT2D eigenvalue weighted by Gasteiger charge is -2.26. The zero-order valence-corrected chi connectivity index (χ0v) is 11.3. The molecule has 102 valence electrons. The second kappa shape index (κ2) is 5.64. The number of anilines is 1. The fraction of sp³-hybridized carbons (Fsp3) is 0.500. The van der Waals surface area contributed by atoms with Gasteiger partial charge in [-0.05, 0) is 20.8 Å². The molecule has 0 aliphatic carbocycles. The fourth-order valence-corrected chi connectivity index (χ4v) is 1.82. The molecule has 0 unspecified atom stereocenters. The Hall–Kier alpha value is -2.18. The van der Waals surface area contributed by atoms with Crippen LogP contribution in [-0.2, 0) is 9.53 Å². The summed E-state index contributed by atoms with van der Waals surface area (Å²) in [6.45, 7) is 6.28. The minimum Gasteiger partial charge on any atom is -0.465 e. The quantitative estimate of drug-likeness (QED) is 0.814. The van der Waals surface area contributed by atoms with Gasteiger partial charge < -0.3 is 14.6 Å². The van der Waals surface area contributed by atoms with Gasteiger partial charge in [-0.2, -0.15) is 0 Å². The maximum atomic E-state index is 11.7. The number of carbonyl (C=O) groups excluding carboxylic acids is 1. The van der Waals surface area contributed by atoms with Crippen LogP contribution in [0.25, 0.3) is 11.2 Å². The smallest absolute Gasteiger partial charge is 0.325 e. The van der Waals surface area contributed by atoms with Crippen LogP contribution >= 0.6 is 0 Å². The molecule has 0 saturated carbocycles. The predicted octanol–water partition coefficient (Wildman–Crippen LogP) is 1.13. The van der Waals surface area contributed by atoms with E-state index in [0.29, 0.717) is 18.1 Å². The highest BCUT2D eigenvalue weighted by atomic mass is 16.5. The molecule has 0 aliphatic rings. The van der Waals surface area contributed by atoms with Crippen LogP contribution < -0.4 is 4.90 Å². The summed E-state index contributed by atoms with van der Waals surface area (Å²) in [5, 5.41) is 0. The lowest BCUT2D eigenvalue weighted by atomic mass is 10.3. The summed E-state index contributed by atoms with van der Waals surface area (Å²) in [6.07, 6.45) is 3.00. The predicted molar refractivity (Wildman–Crippen MR) is 70.8 cm³/mol. The van der Waals surface area contributed by atoms with E-state index in [-0.39, 0.29) is 18.6 Å². The van der Waals surface area contributed by atoms with Crippen molar-refractivity contribution in [3.05, 3.63) is 12.7 Å². The van der Waals surface area contributed by atoms with Gasteiger partial charge in [0.1, 0.15) is 18.4 Å². The van der Waals surface area contributed by atoms with Crippen LogP contribution in [0.1, 0.15) is 20.8 Å². The summed E-state index contributed by atoms with van der Waals surface area (Å²) in [5.74, 6) is 0.382. The maximum Gasteiger partial charge on any atom is 0.325 e. The Bertz CT molecular complexity index is 566. The summed E-state index contributed by atoms with van der Waals surface area (Å²) in [4.78, 5) is 28.9. The van der Waals surface area contributed by atoms with Crippen molar-refractivity contribution in [2.24, 2.45) is 0 Å². The molecular weight excluding hydrogens is 246 g/mol. The lowest BCUT2D eigenvalue weighted by Crippen LogP contribution is -2.37. The van der Waals surface area contributed by atoms with Gasteiger partial charge in [-0.25, -0.2) is 15.0 Å². The van der Waals surface area contributed by atoms with E-state index in [0.717, 1.165) is 5.52 Å². The number of ether oxygens (including phenoxy) is 1. The van der Waals surface area contributed by atoms with Gasteiger partial charge in [0.25, 0.3) is 0 Å². The van der Waals surface area contributed by atoms with Crippen molar-refractivity contribution in [3.8, 4) is 0 Å². The summed E-state index contributed by atoms with van der Waals surface area (Å²) in [6, 6.07) is 0.103. The van der Waals surface area contributed by atoms with Crippen molar-refractivity contribution < 1.29 is 9.53 Å². The van der Waals surface area contributed by atoms with E-state index in [4.69, 9.17) is 4.74 Å². The Labute approximate surface area is 111 Å². The first-order valence-electron chi connectivity index (χ1n) is 6.19. The molecule has 19 heavy (non-hydrogen) atoms. The van der Waals surface area contributed by atoms with Crippen molar-refractivity contribution >= 4 is 23.0 Å². The molecule has 0 aromatic carbocycles. The zero-order chi connectivity index (χ0) is 13.8. The molecule has 0 atom stereocenters. The second-order valence-corrected chi connectivity index (χ2v) is 4.33. The number of hydrogen-bond acceptors (Lipinski definition) is 6. The third-order valence-electron chi connectivity index (χ3n) is 2.70. The normalized spacial score (nSPS) is 10.9. The standard InChI is InChI=1S/C12H17N5O2/c1-4-19-9(18)5-17(8(2)3)12-10-11(14-6-13-10)15-7-16-12/h6-8H,4-5H2,1-3H3,(H,13,14,15,16). The Balaban J connectivity index is 2.33. The Morgan fingerprint density at radius 1 is 1.42 bits per heavy atom. The molecule has 2 aromatic rings. The van der Waals surface area contributed by atoms with E-state index < -0.39 is 0 Å². The molecule has 0 aliphatic heterocycles. The number of nitrogens with one attached hydrogen (secondary N) is 1. The van der Waals surface area contributed by atoms with E-state index in [1.807, 2.05) is 18.7 Å². The van der Waals surface area contributed by atoms with Crippen LogP contribution in [0, 0.1) is 0 Å². The number of esters is 1. The fourth-order valence-electron chi connectivity index (χ4n) is 1.82. The molecule has 0 fully saturated rings. The van der Waals surface area contributed by atoms with Gasteiger partial charge in [0, 0.05) is 6.04 Å². The average molecular weight is 263 g/mol. The number of aromatic nitrogens is 4. The van der Waals surface area contributed by atoms with Crippen LogP contribution in [0.15, 0.2) is 12.7 Å². The van der Waals surface area contributed by atoms with Crippen molar-refractivity contribution in [1.82, 2.24) is 19.9 Å². The first kappa shape index (κ1) is 13.3. The van der Waals surface area contributed by atoms with E-state index >= 15 is 0 Å². The number of carbonyl (C=O) groups is 1. The monoisotopic (exact) mass is 263 g/mol. The zero-order valence-electron chi connectivity index (χ0n) is 11.3. The van der Waals surface area contributed by atoms with Gasteiger partial charge in [-0.3, -0.25) is 4.79 Å². The molecule has 2 heterocycles. The van der Waals surface area contributed by atoms with E-state index in [2.05, 4.69) is 19.9 Å². The van der Waals surface area contributed by atoms with Crippen molar-refractivity contribution in [2.75, 3.05) is 18.1 Å². The van der Waals surface area contributed by atoms with Gasteiger partial charge >= 0.3 is 5.97 Å². The number of H-pyrrole nitrogens is 1. The Kier molecular flexibility index (Phi) is 3.94. The molecule has 0 spiro atoms. The molecular formula is C12H17N5O2. The molecule has 0 radical (unpaired) electrons. The third kappa shape index (κ3) is 2.81. The van der Waals surface area contributed by atoms with Crippen LogP contribution in [-0.4, -0.2) is 45.1 Å².